The maximum atomic E-state index is 5.44. The lowest BCUT2D eigenvalue weighted by atomic mass is 10.0. The number of hydrogen-bond acceptors (Lipinski definition) is 3. The number of aliphatic imine (C=N–C) groups is 1. The SMILES string of the molecule is CN=C(NCc1ccc(OC)cc1OC)N1CCCC(C)C1.I. The summed E-state index contributed by atoms with van der Waals surface area (Å²) >= 11 is 0. The fourth-order valence-corrected chi connectivity index (χ4v) is 2.89. The van der Waals surface area contributed by atoms with Crippen molar-refractivity contribution < 1.29 is 9.47 Å². The first-order chi connectivity index (χ1) is 10.7. The van der Waals surface area contributed by atoms with Crippen LogP contribution in [0.2, 0.25) is 0 Å². The average Bonchev–Trinajstić information content (AvgIpc) is 2.55. The number of halogens is 1. The van der Waals surface area contributed by atoms with Gasteiger partial charge in [0.05, 0.1) is 14.2 Å². The first-order valence-electron chi connectivity index (χ1n) is 7.84. The third-order valence-corrected chi connectivity index (χ3v) is 4.10. The average molecular weight is 433 g/mol. The fourth-order valence-electron chi connectivity index (χ4n) is 2.89. The smallest absolute Gasteiger partial charge is 0.193 e. The Morgan fingerprint density at radius 2 is 2.13 bits per heavy atom. The Hall–Kier alpha value is -1.18. The highest BCUT2D eigenvalue weighted by atomic mass is 127. The Morgan fingerprint density at radius 1 is 1.35 bits per heavy atom. The molecule has 6 heteroatoms. The molecule has 1 aliphatic rings. The van der Waals surface area contributed by atoms with Gasteiger partial charge in [-0.3, -0.25) is 4.99 Å². The molecule has 0 aliphatic carbocycles. The summed E-state index contributed by atoms with van der Waals surface area (Å²) in [5.41, 5.74) is 1.09. The molecule has 0 bridgehead atoms. The van der Waals surface area contributed by atoms with Crippen LogP contribution in [0.4, 0.5) is 0 Å². The van der Waals surface area contributed by atoms with E-state index in [1.165, 1.54) is 12.8 Å². The predicted molar refractivity (Wildman–Crippen MR) is 105 cm³/mol. The minimum atomic E-state index is 0. The van der Waals surface area contributed by atoms with Crippen molar-refractivity contribution in [1.29, 1.82) is 0 Å². The van der Waals surface area contributed by atoms with Crippen LogP contribution in [0.25, 0.3) is 0 Å². The molecule has 1 aromatic carbocycles. The summed E-state index contributed by atoms with van der Waals surface area (Å²) in [4.78, 5) is 6.75. The number of hydrogen-bond donors (Lipinski definition) is 1. The van der Waals surface area contributed by atoms with Gasteiger partial charge in [0, 0.05) is 38.3 Å². The number of benzene rings is 1. The molecular formula is C17H28IN3O2. The molecule has 1 saturated heterocycles. The van der Waals surface area contributed by atoms with Crippen molar-refractivity contribution in [2.45, 2.75) is 26.3 Å². The maximum Gasteiger partial charge on any atom is 0.193 e. The lowest BCUT2D eigenvalue weighted by Crippen LogP contribution is -2.45. The van der Waals surface area contributed by atoms with Crippen molar-refractivity contribution in [3.63, 3.8) is 0 Å². The third kappa shape index (κ3) is 5.44. The molecule has 0 spiro atoms. The Morgan fingerprint density at radius 3 is 2.74 bits per heavy atom. The van der Waals surface area contributed by atoms with Gasteiger partial charge in [0.1, 0.15) is 11.5 Å². The van der Waals surface area contributed by atoms with Gasteiger partial charge in [0.15, 0.2) is 5.96 Å². The summed E-state index contributed by atoms with van der Waals surface area (Å²) < 4.78 is 10.7. The molecule has 0 saturated carbocycles. The maximum absolute atomic E-state index is 5.44. The molecule has 1 aromatic rings. The molecule has 1 atom stereocenters. The van der Waals surface area contributed by atoms with Crippen LogP contribution in [-0.2, 0) is 6.54 Å². The number of piperidine rings is 1. The van der Waals surface area contributed by atoms with E-state index in [2.05, 4.69) is 22.1 Å². The Labute approximate surface area is 156 Å². The zero-order valence-corrected chi connectivity index (χ0v) is 16.8. The van der Waals surface area contributed by atoms with Gasteiger partial charge >= 0.3 is 0 Å². The first kappa shape index (κ1) is 19.9. The summed E-state index contributed by atoms with van der Waals surface area (Å²) in [7, 11) is 5.18. The molecule has 1 N–H and O–H groups in total. The number of nitrogens with zero attached hydrogens (tertiary/aromatic N) is 2. The summed E-state index contributed by atoms with van der Waals surface area (Å²) in [6.45, 7) is 5.12. The quantitative estimate of drug-likeness (QED) is 0.451. The second-order valence-electron chi connectivity index (χ2n) is 5.77. The van der Waals surface area contributed by atoms with Crippen molar-refractivity contribution in [2.75, 3.05) is 34.4 Å². The topological polar surface area (TPSA) is 46.1 Å². The first-order valence-corrected chi connectivity index (χ1v) is 7.84. The normalized spacial score (nSPS) is 18.2. The standard InChI is InChI=1S/C17H27N3O2.HI/c1-13-6-5-9-20(12-13)17(18-2)19-11-14-7-8-15(21-3)10-16(14)22-4;/h7-8,10,13H,5-6,9,11-12H2,1-4H3,(H,18,19);1H. The van der Waals surface area contributed by atoms with Crippen molar-refractivity contribution in [1.82, 2.24) is 10.2 Å². The number of nitrogens with one attached hydrogen (secondary N) is 1. The van der Waals surface area contributed by atoms with Gasteiger partial charge in [-0.05, 0) is 30.9 Å². The molecule has 1 fully saturated rings. The summed E-state index contributed by atoms with van der Waals surface area (Å²) in [6, 6.07) is 5.88. The molecule has 1 aliphatic heterocycles. The van der Waals surface area contributed by atoms with Gasteiger partial charge in [-0.1, -0.05) is 6.92 Å². The van der Waals surface area contributed by atoms with E-state index in [0.29, 0.717) is 6.54 Å². The van der Waals surface area contributed by atoms with E-state index >= 15 is 0 Å². The van der Waals surface area contributed by atoms with Gasteiger partial charge in [-0.25, -0.2) is 0 Å². The minimum absolute atomic E-state index is 0. The van der Waals surface area contributed by atoms with Crippen LogP contribution in [0.5, 0.6) is 11.5 Å². The molecule has 1 unspecified atom stereocenters. The zero-order chi connectivity index (χ0) is 15.9. The van der Waals surface area contributed by atoms with Gasteiger partial charge in [0.25, 0.3) is 0 Å². The summed E-state index contributed by atoms with van der Waals surface area (Å²) in [5, 5.41) is 3.44. The highest BCUT2D eigenvalue weighted by molar-refractivity contribution is 14.0. The van der Waals surface area contributed by atoms with Crippen molar-refractivity contribution in [2.24, 2.45) is 10.9 Å². The van der Waals surface area contributed by atoms with Crippen LogP contribution in [0.15, 0.2) is 23.2 Å². The Bertz CT molecular complexity index is 523. The Kier molecular flexibility index (Phi) is 8.51. The van der Waals surface area contributed by atoms with Gasteiger partial charge < -0.3 is 19.7 Å². The van der Waals surface area contributed by atoms with E-state index in [4.69, 9.17) is 9.47 Å². The van der Waals surface area contributed by atoms with E-state index in [-0.39, 0.29) is 24.0 Å². The second kappa shape index (κ2) is 9.85. The van der Waals surface area contributed by atoms with Crippen LogP contribution in [-0.4, -0.2) is 45.2 Å². The van der Waals surface area contributed by atoms with Crippen molar-refractivity contribution in [3.05, 3.63) is 23.8 Å². The largest absolute Gasteiger partial charge is 0.497 e. The van der Waals surface area contributed by atoms with E-state index in [1.54, 1.807) is 14.2 Å². The molecule has 0 aromatic heterocycles. The number of likely N-dealkylation sites (tertiary alicyclic amines) is 1. The van der Waals surface area contributed by atoms with E-state index < -0.39 is 0 Å². The molecule has 0 amide bonds. The zero-order valence-electron chi connectivity index (χ0n) is 14.5. The van der Waals surface area contributed by atoms with Crippen molar-refractivity contribution >= 4 is 29.9 Å². The number of rotatable bonds is 4. The predicted octanol–water partition coefficient (Wildman–Crippen LogP) is 3.13. The van der Waals surface area contributed by atoms with E-state index in [0.717, 1.165) is 42.0 Å². The number of methoxy groups -OCH3 is 2. The molecule has 1 heterocycles. The Balaban J connectivity index is 0.00000264. The third-order valence-electron chi connectivity index (χ3n) is 4.10. The van der Waals surface area contributed by atoms with Crippen LogP contribution >= 0.6 is 24.0 Å². The minimum Gasteiger partial charge on any atom is -0.497 e. The monoisotopic (exact) mass is 433 g/mol. The van der Waals surface area contributed by atoms with E-state index in [9.17, 15) is 0 Å². The summed E-state index contributed by atoms with van der Waals surface area (Å²) in [6.07, 6.45) is 2.54. The molecule has 2 rings (SSSR count). The number of guanidine groups is 1. The molecule has 130 valence electrons. The molecular weight excluding hydrogens is 405 g/mol. The van der Waals surface area contributed by atoms with Crippen LogP contribution in [0, 0.1) is 5.92 Å². The molecule has 23 heavy (non-hydrogen) atoms. The highest BCUT2D eigenvalue weighted by Crippen LogP contribution is 2.24. The van der Waals surface area contributed by atoms with E-state index in [1.807, 2.05) is 25.2 Å². The van der Waals surface area contributed by atoms with Crippen LogP contribution < -0.4 is 14.8 Å². The second-order valence-corrected chi connectivity index (χ2v) is 5.77. The highest BCUT2D eigenvalue weighted by Gasteiger charge is 2.19. The summed E-state index contributed by atoms with van der Waals surface area (Å²) in [5.74, 6) is 3.32. The number of ether oxygens (including phenoxy) is 2. The van der Waals surface area contributed by atoms with Gasteiger partial charge in [0.2, 0.25) is 0 Å². The fraction of sp³-hybridized carbons (Fsp3) is 0.588. The lowest BCUT2D eigenvalue weighted by Gasteiger charge is -2.33. The molecule has 0 radical (unpaired) electrons. The van der Waals surface area contributed by atoms with Crippen LogP contribution in [0.1, 0.15) is 25.3 Å². The van der Waals surface area contributed by atoms with Crippen LogP contribution in [0.3, 0.4) is 0 Å². The molecule has 5 nitrogen and oxygen atoms in total. The van der Waals surface area contributed by atoms with Gasteiger partial charge in [-0.15, -0.1) is 24.0 Å². The lowest BCUT2D eigenvalue weighted by molar-refractivity contribution is 0.266. The van der Waals surface area contributed by atoms with Gasteiger partial charge in [-0.2, -0.15) is 0 Å². The van der Waals surface area contributed by atoms with Crippen molar-refractivity contribution in [3.8, 4) is 11.5 Å².